The maximum atomic E-state index is 13.7. The molecule has 0 bridgehead atoms. The van der Waals surface area contributed by atoms with Gasteiger partial charge in [-0.1, -0.05) is 11.6 Å². The molecule has 6 heteroatoms. The van der Waals surface area contributed by atoms with Crippen LogP contribution in [0.5, 0.6) is 0 Å². The molecule has 108 valence electrons. The summed E-state index contributed by atoms with van der Waals surface area (Å²) in [6.45, 7) is 3.60. The number of carboxylic acid groups (broad SMARTS) is 1. The van der Waals surface area contributed by atoms with Gasteiger partial charge < -0.3 is 10.0 Å². The molecule has 1 aromatic carbocycles. The number of carboxylic acids is 1. The summed E-state index contributed by atoms with van der Waals surface area (Å²) in [6, 6.07) is 4.46. The number of amides is 1. The molecule has 0 aromatic heterocycles. The second kappa shape index (κ2) is 6.00. The zero-order valence-corrected chi connectivity index (χ0v) is 11.3. The van der Waals surface area contributed by atoms with Gasteiger partial charge in [-0.3, -0.25) is 14.5 Å². The van der Waals surface area contributed by atoms with Gasteiger partial charge in [0.25, 0.3) is 5.91 Å². The van der Waals surface area contributed by atoms with Crippen LogP contribution in [0.4, 0.5) is 4.39 Å². The summed E-state index contributed by atoms with van der Waals surface area (Å²) in [6.07, 6.45) is 0. The fourth-order valence-corrected chi connectivity index (χ4v) is 2.27. The molecule has 1 aliphatic rings. The first-order valence-electron chi connectivity index (χ1n) is 6.47. The van der Waals surface area contributed by atoms with E-state index in [1.165, 1.54) is 6.07 Å². The Kier molecular flexibility index (Phi) is 4.34. The Balaban J connectivity index is 2.01. The van der Waals surface area contributed by atoms with Crippen LogP contribution in [-0.2, 0) is 4.79 Å². The van der Waals surface area contributed by atoms with E-state index in [1.807, 2.05) is 0 Å². The average Bonchev–Trinajstić information content (AvgIpc) is 2.41. The van der Waals surface area contributed by atoms with Gasteiger partial charge in [0.2, 0.25) is 0 Å². The van der Waals surface area contributed by atoms with Crippen molar-refractivity contribution in [3.63, 3.8) is 0 Å². The minimum absolute atomic E-state index is 0.0269. The van der Waals surface area contributed by atoms with Gasteiger partial charge >= 0.3 is 5.97 Å². The predicted octanol–water partition coefficient (Wildman–Crippen LogP) is 0.977. The number of nitrogens with zero attached hydrogens (tertiary/aromatic N) is 2. The van der Waals surface area contributed by atoms with Gasteiger partial charge in [0.15, 0.2) is 0 Å². The molecule has 0 atom stereocenters. The zero-order valence-electron chi connectivity index (χ0n) is 11.3. The Labute approximate surface area is 116 Å². The molecule has 5 nitrogen and oxygen atoms in total. The summed E-state index contributed by atoms with van der Waals surface area (Å²) >= 11 is 0. The number of hydrogen-bond donors (Lipinski definition) is 1. The monoisotopic (exact) mass is 280 g/mol. The molecule has 2 rings (SSSR count). The van der Waals surface area contributed by atoms with Gasteiger partial charge in [-0.15, -0.1) is 0 Å². The number of aliphatic carboxylic acids is 1. The number of benzene rings is 1. The van der Waals surface area contributed by atoms with E-state index in [9.17, 15) is 14.0 Å². The lowest BCUT2D eigenvalue weighted by molar-refractivity contribution is -0.138. The van der Waals surface area contributed by atoms with Crippen molar-refractivity contribution in [2.45, 2.75) is 6.92 Å². The predicted molar refractivity (Wildman–Crippen MR) is 71.1 cm³/mol. The number of aryl methyl sites for hydroxylation is 1. The van der Waals surface area contributed by atoms with Crippen molar-refractivity contribution in [2.75, 3.05) is 32.7 Å². The second-order valence-electron chi connectivity index (χ2n) is 4.95. The van der Waals surface area contributed by atoms with Gasteiger partial charge in [0.1, 0.15) is 5.82 Å². The maximum absolute atomic E-state index is 13.7. The molecule has 1 aliphatic heterocycles. The van der Waals surface area contributed by atoms with E-state index in [0.717, 1.165) is 5.56 Å². The molecule has 1 N–H and O–H groups in total. The molecule has 0 spiro atoms. The number of carbonyl (C=O) groups excluding carboxylic acids is 1. The van der Waals surface area contributed by atoms with Crippen LogP contribution in [0, 0.1) is 12.7 Å². The highest BCUT2D eigenvalue weighted by Gasteiger charge is 2.24. The van der Waals surface area contributed by atoms with E-state index in [0.29, 0.717) is 26.2 Å². The molecule has 1 heterocycles. The number of halogens is 1. The summed E-state index contributed by atoms with van der Waals surface area (Å²) in [5.41, 5.74) is 0.913. The summed E-state index contributed by atoms with van der Waals surface area (Å²) in [7, 11) is 0. The van der Waals surface area contributed by atoms with Crippen molar-refractivity contribution >= 4 is 11.9 Å². The summed E-state index contributed by atoms with van der Waals surface area (Å²) in [5, 5.41) is 8.71. The average molecular weight is 280 g/mol. The van der Waals surface area contributed by atoms with Crippen LogP contribution < -0.4 is 0 Å². The largest absolute Gasteiger partial charge is 0.480 e. The van der Waals surface area contributed by atoms with Crippen molar-refractivity contribution in [3.05, 3.63) is 35.1 Å². The summed E-state index contributed by atoms with van der Waals surface area (Å²) in [5.74, 6) is -1.73. The first kappa shape index (κ1) is 14.5. The normalized spacial score (nSPS) is 16.2. The molecule has 20 heavy (non-hydrogen) atoms. The fraction of sp³-hybridized carbons (Fsp3) is 0.429. The van der Waals surface area contributed by atoms with E-state index in [2.05, 4.69) is 0 Å². The molecule has 1 saturated heterocycles. The Hall–Kier alpha value is -1.95. The number of carbonyl (C=O) groups is 2. The van der Waals surface area contributed by atoms with Crippen molar-refractivity contribution in [2.24, 2.45) is 0 Å². The third-order valence-electron chi connectivity index (χ3n) is 3.37. The highest BCUT2D eigenvalue weighted by molar-refractivity contribution is 5.94. The highest BCUT2D eigenvalue weighted by Crippen LogP contribution is 2.14. The Bertz CT molecular complexity index is 525. The Morgan fingerprint density at radius 2 is 1.90 bits per heavy atom. The van der Waals surface area contributed by atoms with Crippen LogP contribution >= 0.6 is 0 Å². The molecule has 0 saturated carbocycles. The number of hydrogen-bond acceptors (Lipinski definition) is 3. The second-order valence-corrected chi connectivity index (χ2v) is 4.95. The Morgan fingerprint density at radius 1 is 1.25 bits per heavy atom. The van der Waals surface area contributed by atoms with Crippen LogP contribution in [0.25, 0.3) is 0 Å². The van der Waals surface area contributed by atoms with Crippen LogP contribution in [-0.4, -0.2) is 59.5 Å². The Morgan fingerprint density at radius 3 is 2.50 bits per heavy atom. The van der Waals surface area contributed by atoms with Gasteiger partial charge in [-0.2, -0.15) is 0 Å². The van der Waals surface area contributed by atoms with Crippen molar-refractivity contribution < 1.29 is 19.1 Å². The summed E-state index contributed by atoms with van der Waals surface area (Å²) < 4.78 is 13.7. The highest BCUT2D eigenvalue weighted by atomic mass is 19.1. The minimum Gasteiger partial charge on any atom is -0.480 e. The zero-order chi connectivity index (χ0) is 14.7. The number of piperazine rings is 1. The smallest absolute Gasteiger partial charge is 0.317 e. The van der Waals surface area contributed by atoms with Gasteiger partial charge in [-0.05, 0) is 19.1 Å². The van der Waals surface area contributed by atoms with E-state index < -0.39 is 11.8 Å². The van der Waals surface area contributed by atoms with Crippen LogP contribution in [0.3, 0.4) is 0 Å². The molecule has 1 fully saturated rings. The minimum atomic E-state index is -0.880. The fourth-order valence-electron chi connectivity index (χ4n) is 2.27. The third-order valence-corrected chi connectivity index (χ3v) is 3.37. The van der Waals surface area contributed by atoms with E-state index in [4.69, 9.17) is 5.11 Å². The van der Waals surface area contributed by atoms with Crippen LogP contribution in [0.15, 0.2) is 18.2 Å². The van der Waals surface area contributed by atoms with Crippen molar-refractivity contribution in [1.29, 1.82) is 0 Å². The van der Waals surface area contributed by atoms with E-state index in [1.54, 1.807) is 28.9 Å². The van der Waals surface area contributed by atoms with Crippen molar-refractivity contribution in [1.82, 2.24) is 9.80 Å². The first-order chi connectivity index (χ1) is 9.47. The molecular formula is C14H17FN2O3. The standard InChI is InChI=1S/C14H17FN2O3/c1-10-2-3-12(15)11(8-10)14(20)17-6-4-16(5-7-17)9-13(18)19/h2-3,8H,4-7,9H2,1H3,(H,18,19). The molecule has 0 radical (unpaired) electrons. The molecule has 0 aliphatic carbocycles. The quantitative estimate of drug-likeness (QED) is 0.896. The van der Waals surface area contributed by atoms with Gasteiger partial charge in [0, 0.05) is 26.2 Å². The van der Waals surface area contributed by atoms with Crippen molar-refractivity contribution in [3.8, 4) is 0 Å². The molecular weight excluding hydrogens is 263 g/mol. The third kappa shape index (κ3) is 3.33. The summed E-state index contributed by atoms with van der Waals surface area (Å²) in [4.78, 5) is 26.2. The lowest BCUT2D eigenvalue weighted by atomic mass is 10.1. The van der Waals surface area contributed by atoms with Crippen LogP contribution in [0.1, 0.15) is 15.9 Å². The van der Waals surface area contributed by atoms with Crippen LogP contribution in [0.2, 0.25) is 0 Å². The molecule has 1 amide bonds. The van der Waals surface area contributed by atoms with Gasteiger partial charge in [0.05, 0.1) is 12.1 Å². The number of rotatable bonds is 3. The molecule has 1 aromatic rings. The lowest BCUT2D eigenvalue weighted by Crippen LogP contribution is -2.50. The van der Waals surface area contributed by atoms with Gasteiger partial charge in [-0.25, -0.2) is 4.39 Å². The topological polar surface area (TPSA) is 60.9 Å². The maximum Gasteiger partial charge on any atom is 0.317 e. The molecule has 0 unspecified atom stereocenters. The SMILES string of the molecule is Cc1ccc(F)c(C(=O)N2CCN(CC(=O)O)CC2)c1. The first-order valence-corrected chi connectivity index (χ1v) is 6.47. The lowest BCUT2D eigenvalue weighted by Gasteiger charge is -2.33. The van der Waals surface area contributed by atoms with E-state index >= 15 is 0 Å². The van der Waals surface area contributed by atoms with E-state index in [-0.39, 0.29) is 18.0 Å².